The maximum absolute atomic E-state index is 11.9. The molecule has 0 saturated carbocycles. The maximum atomic E-state index is 11.9. The average molecular weight is 250 g/mol. The second-order valence-electron chi connectivity index (χ2n) is 4.11. The van der Waals surface area contributed by atoms with Crippen LogP contribution in [0, 0.1) is 0 Å². The Morgan fingerprint density at radius 3 is 3.17 bits per heavy atom. The van der Waals surface area contributed by atoms with Gasteiger partial charge in [0.05, 0.1) is 25.4 Å². The van der Waals surface area contributed by atoms with Crippen molar-refractivity contribution >= 4 is 11.7 Å². The van der Waals surface area contributed by atoms with E-state index in [-0.39, 0.29) is 5.91 Å². The van der Waals surface area contributed by atoms with Gasteiger partial charge in [0.15, 0.2) is 0 Å². The van der Waals surface area contributed by atoms with Crippen molar-refractivity contribution in [3.8, 4) is 0 Å². The Morgan fingerprint density at radius 2 is 2.44 bits per heavy atom. The molecular formula is C12H18N4O2. The van der Waals surface area contributed by atoms with Crippen LogP contribution in [0.25, 0.3) is 0 Å². The van der Waals surface area contributed by atoms with Crippen LogP contribution in [-0.2, 0) is 22.6 Å². The van der Waals surface area contributed by atoms with Crippen LogP contribution in [0.1, 0.15) is 5.69 Å². The van der Waals surface area contributed by atoms with Crippen molar-refractivity contribution in [2.24, 2.45) is 0 Å². The third-order valence-corrected chi connectivity index (χ3v) is 2.89. The van der Waals surface area contributed by atoms with E-state index in [2.05, 4.69) is 10.4 Å². The molecule has 0 unspecified atom stereocenters. The molecule has 0 aliphatic carbocycles. The fraction of sp³-hybridized carbons (Fsp3) is 0.500. The number of methoxy groups -OCH3 is 1. The fourth-order valence-electron chi connectivity index (χ4n) is 1.93. The number of amides is 1. The summed E-state index contributed by atoms with van der Waals surface area (Å²) in [5.74, 6) is 0.861. The number of aromatic nitrogens is 2. The number of hydrogen-bond acceptors (Lipinski definition) is 4. The topological polar surface area (TPSA) is 59.4 Å². The molecule has 2 rings (SSSR count). The second-order valence-corrected chi connectivity index (χ2v) is 4.11. The summed E-state index contributed by atoms with van der Waals surface area (Å²) in [6.45, 7) is 2.49. The quantitative estimate of drug-likeness (QED) is 0.789. The number of carbonyl (C=O) groups is 1. The number of nitrogens with one attached hydrogen (secondary N) is 1. The SMILES string of the molecule is CNc1cc2n(n1)CCN(C(=O)/C=C/COC)C2. The molecule has 98 valence electrons. The van der Waals surface area contributed by atoms with Crippen molar-refractivity contribution < 1.29 is 9.53 Å². The van der Waals surface area contributed by atoms with Crippen molar-refractivity contribution in [1.29, 1.82) is 0 Å². The molecule has 1 aromatic rings. The Morgan fingerprint density at radius 1 is 1.61 bits per heavy atom. The van der Waals surface area contributed by atoms with Gasteiger partial charge in [0.2, 0.25) is 5.91 Å². The first-order valence-electron chi connectivity index (χ1n) is 5.93. The first kappa shape index (κ1) is 12.6. The summed E-state index contributed by atoms with van der Waals surface area (Å²) in [7, 11) is 3.44. The summed E-state index contributed by atoms with van der Waals surface area (Å²) >= 11 is 0. The van der Waals surface area contributed by atoms with Crippen molar-refractivity contribution in [2.75, 3.05) is 32.6 Å². The van der Waals surface area contributed by atoms with Gasteiger partial charge in [-0.05, 0) is 0 Å². The third kappa shape index (κ3) is 2.70. The molecule has 0 aromatic carbocycles. The lowest BCUT2D eigenvalue weighted by atomic mass is 10.3. The predicted molar refractivity (Wildman–Crippen MR) is 68.2 cm³/mol. The predicted octanol–water partition coefficient (Wildman–Crippen LogP) is 0.470. The van der Waals surface area contributed by atoms with Crippen LogP contribution in [0.2, 0.25) is 0 Å². The van der Waals surface area contributed by atoms with Gasteiger partial charge in [-0.2, -0.15) is 5.10 Å². The van der Waals surface area contributed by atoms with E-state index in [0.717, 1.165) is 18.1 Å². The minimum absolute atomic E-state index is 0.0190. The van der Waals surface area contributed by atoms with E-state index >= 15 is 0 Å². The number of nitrogens with zero attached hydrogens (tertiary/aromatic N) is 3. The normalized spacial score (nSPS) is 14.9. The summed E-state index contributed by atoms with van der Waals surface area (Å²) in [5.41, 5.74) is 1.05. The maximum Gasteiger partial charge on any atom is 0.246 e. The highest BCUT2D eigenvalue weighted by atomic mass is 16.5. The zero-order valence-corrected chi connectivity index (χ0v) is 10.7. The van der Waals surface area contributed by atoms with Crippen LogP contribution in [0.15, 0.2) is 18.2 Å². The number of rotatable bonds is 4. The highest BCUT2D eigenvalue weighted by Crippen LogP contribution is 2.16. The molecule has 0 bridgehead atoms. The van der Waals surface area contributed by atoms with Crippen molar-refractivity contribution in [3.63, 3.8) is 0 Å². The van der Waals surface area contributed by atoms with Gasteiger partial charge in [-0.25, -0.2) is 0 Å². The van der Waals surface area contributed by atoms with Gasteiger partial charge in [0.1, 0.15) is 5.82 Å². The first-order valence-corrected chi connectivity index (χ1v) is 5.93. The molecule has 6 heteroatoms. The van der Waals surface area contributed by atoms with Gasteiger partial charge in [0.25, 0.3) is 0 Å². The van der Waals surface area contributed by atoms with Gasteiger partial charge < -0.3 is 15.0 Å². The number of ether oxygens (including phenoxy) is 1. The lowest BCUT2D eigenvalue weighted by molar-refractivity contribution is -0.127. The molecule has 1 aromatic heterocycles. The van der Waals surface area contributed by atoms with Crippen molar-refractivity contribution in [1.82, 2.24) is 14.7 Å². The molecule has 0 fully saturated rings. The lowest BCUT2D eigenvalue weighted by Crippen LogP contribution is -2.37. The van der Waals surface area contributed by atoms with Crippen LogP contribution >= 0.6 is 0 Å². The van der Waals surface area contributed by atoms with E-state index in [1.54, 1.807) is 19.3 Å². The molecule has 0 radical (unpaired) electrons. The molecule has 1 amide bonds. The molecule has 6 nitrogen and oxygen atoms in total. The van der Waals surface area contributed by atoms with E-state index in [1.165, 1.54) is 0 Å². The van der Waals surface area contributed by atoms with Crippen LogP contribution in [0.3, 0.4) is 0 Å². The molecular weight excluding hydrogens is 232 g/mol. The van der Waals surface area contributed by atoms with E-state index in [1.807, 2.05) is 22.7 Å². The van der Waals surface area contributed by atoms with Crippen LogP contribution < -0.4 is 5.32 Å². The summed E-state index contributed by atoms with van der Waals surface area (Å²) in [6, 6.07) is 1.97. The van der Waals surface area contributed by atoms with Crippen molar-refractivity contribution in [3.05, 3.63) is 23.9 Å². The lowest BCUT2D eigenvalue weighted by Gasteiger charge is -2.26. The second kappa shape index (κ2) is 5.68. The number of fused-ring (bicyclic) bond motifs is 1. The zero-order chi connectivity index (χ0) is 13.0. The average Bonchev–Trinajstić information content (AvgIpc) is 2.80. The minimum Gasteiger partial charge on any atom is -0.381 e. The molecule has 0 atom stereocenters. The molecule has 1 aliphatic heterocycles. The molecule has 0 spiro atoms. The zero-order valence-electron chi connectivity index (χ0n) is 10.7. The van der Waals surface area contributed by atoms with Crippen molar-refractivity contribution in [2.45, 2.75) is 13.1 Å². The van der Waals surface area contributed by atoms with Gasteiger partial charge >= 0.3 is 0 Å². The molecule has 18 heavy (non-hydrogen) atoms. The van der Waals surface area contributed by atoms with E-state index in [9.17, 15) is 4.79 Å². The van der Waals surface area contributed by atoms with Crippen LogP contribution in [-0.4, -0.2) is 47.9 Å². The van der Waals surface area contributed by atoms with Crippen LogP contribution in [0.5, 0.6) is 0 Å². The summed E-state index contributed by atoms with van der Waals surface area (Å²) in [6.07, 6.45) is 3.29. The van der Waals surface area contributed by atoms with Gasteiger partial charge in [-0.3, -0.25) is 9.48 Å². The molecule has 1 N–H and O–H groups in total. The van der Waals surface area contributed by atoms with E-state index in [4.69, 9.17) is 4.74 Å². The summed E-state index contributed by atoms with van der Waals surface area (Å²) < 4.78 is 6.81. The molecule has 2 heterocycles. The van der Waals surface area contributed by atoms with Gasteiger partial charge in [0, 0.05) is 32.8 Å². The molecule has 1 aliphatic rings. The largest absolute Gasteiger partial charge is 0.381 e. The van der Waals surface area contributed by atoms with E-state index in [0.29, 0.717) is 19.7 Å². The first-order chi connectivity index (χ1) is 8.74. The Labute approximate surface area is 106 Å². The standard InChI is InChI=1S/C12H18N4O2/c1-13-11-8-10-9-15(5-6-16(10)14-11)12(17)4-3-7-18-2/h3-4,8H,5-7,9H2,1-2H3,(H,13,14)/b4-3+. The third-order valence-electron chi connectivity index (χ3n) is 2.89. The smallest absolute Gasteiger partial charge is 0.246 e. The van der Waals surface area contributed by atoms with Gasteiger partial charge in [-0.1, -0.05) is 6.08 Å². The van der Waals surface area contributed by atoms with E-state index < -0.39 is 0 Å². The Bertz CT molecular complexity index is 453. The number of hydrogen-bond donors (Lipinski definition) is 1. The highest BCUT2D eigenvalue weighted by molar-refractivity contribution is 5.87. The minimum atomic E-state index is 0.0190. The summed E-state index contributed by atoms with van der Waals surface area (Å²) in [4.78, 5) is 13.7. The fourth-order valence-corrected chi connectivity index (χ4v) is 1.93. The van der Waals surface area contributed by atoms with Crippen LogP contribution in [0.4, 0.5) is 5.82 Å². The van der Waals surface area contributed by atoms with Gasteiger partial charge in [-0.15, -0.1) is 0 Å². The molecule has 0 saturated heterocycles. The summed E-state index contributed by atoms with van der Waals surface area (Å²) in [5, 5.41) is 7.37. The number of anilines is 1. The monoisotopic (exact) mass is 250 g/mol. The Hall–Kier alpha value is -1.82. The Kier molecular flexibility index (Phi) is 3.99. The highest BCUT2D eigenvalue weighted by Gasteiger charge is 2.20. The Balaban J connectivity index is 2.00. The number of carbonyl (C=O) groups excluding carboxylic acids is 1.